The largest absolute Gasteiger partial charge is 0.497 e. The van der Waals surface area contributed by atoms with E-state index in [0.717, 1.165) is 48.6 Å². The van der Waals surface area contributed by atoms with Crippen LogP contribution in [0.25, 0.3) is 6.08 Å². The molecule has 2 aromatic rings. The molecule has 0 radical (unpaired) electrons. The number of rotatable bonds is 4. The lowest BCUT2D eigenvalue weighted by molar-refractivity contribution is -0.127. The second-order valence-corrected chi connectivity index (χ2v) is 7.54. The molecule has 2 N–H and O–H groups in total. The molecule has 4 rings (SSSR count). The fraction of sp³-hybridized carbons (Fsp3) is 0.348. The summed E-state index contributed by atoms with van der Waals surface area (Å²) in [6, 6.07) is 13.9. The standard InChI is InChI=1S/C23H26N2O3/c1-27-19-6-2-17(3-7-19)5-9-22(26)25-12-10-23(11-13-25)16-28-21-8-4-18(15-24)14-20(21)23/h2-9,14H,10-13,15-16,24H2,1H3/b9-5+. The number of nitrogens with zero attached hydrogens (tertiary/aromatic N) is 1. The van der Waals surface area contributed by atoms with Crippen molar-refractivity contribution in [2.24, 2.45) is 5.73 Å². The Morgan fingerprint density at radius 2 is 1.96 bits per heavy atom. The monoisotopic (exact) mass is 378 g/mol. The third-order valence-corrected chi connectivity index (χ3v) is 5.92. The van der Waals surface area contributed by atoms with E-state index in [2.05, 4.69) is 6.07 Å². The summed E-state index contributed by atoms with van der Waals surface area (Å²) in [5.74, 6) is 1.83. The van der Waals surface area contributed by atoms with Crippen LogP contribution < -0.4 is 15.2 Å². The first-order valence-corrected chi connectivity index (χ1v) is 9.71. The zero-order chi connectivity index (χ0) is 19.6. The minimum absolute atomic E-state index is 0.0109. The predicted molar refractivity (Wildman–Crippen MR) is 109 cm³/mol. The lowest BCUT2D eigenvalue weighted by atomic mass is 9.74. The van der Waals surface area contributed by atoms with Crippen molar-refractivity contribution < 1.29 is 14.3 Å². The Hall–Kier alpha value is -2.79. The highest BCUT2D eigenvalue weighted by atomic mass is 16.5. The molecular formula is C23H26N2O3. The summed E-state index contributed by atoms with van der Waals surface area (Å²) < 4.78 is 11.1. The maximum atomic E-state index is 12.6. The van der Waals surface area contributed by atoms with Crippen LogP contribution in [0.2, 0.25) is 0 Å². The number of ether oxygens (including phenoxy) is 2. The highest BCUT2D eigenvalue weighted by Gasteiger charge is 2.43. The SMILES string of the molecule is COc1ccc(/C=C/C(=O)N2CCC3(CC2)COc2ccc(CN)cc23)cc1. The summed E-state index contributed by atoms with van der Waals surface area (Å²) in [5, 5.41) is 0. The van der Waals surface area contributed by atoms with E-state index in [9.17, 15) is 4.79 Å². The average molecular weight is 378 g/mol. The van der Waals surface area contributed by atoms with Gasteiger partial charge in [-0.2, -0.15) is 0 Å². The summed E-state index contributed by atoms with van der Waals surface area (Å²) >= 11 is 0. The van der Waals surface area contributed by atoms with Crippen LogP contribution in [0.5, 0.6) is 11.5 Å². The first-order valence-electron chi connectivity index (χ1n) is 9.71. The van der Waals surface area contributed by atoms with E-state index in [1.807, 2.05) is 47.4 Å². The van der Waals surface area contributed by atoms with Crippen molar-refractivity contribution in [1.29, 1.82) is 0 Å². The molecule has 2 heterocycles. The molecular weight excluding hydrogens is 352 g/mol. The quantitative estimate of drug-likeness (QED) is 0.831. The van der Waals surface area contributed by atoms with E-state index in [-0.39, 0.29) is 11.3 Å². The predicted octanol–water partition coefficient (Wildman–Crippen LogP) is 3.12. The van der Waals surface area contributed by atoms with Crippen molar-refractivity contribution in [3.8, 4) is 11.5 Å². The Labute approximate surface area is 165 Å². The van der Waals surface area contributed by atoms with Gasteiger partial charge in [-0.1, -0.05) is 24.3 Å². The minimum atomic E-state index is 0.0109. The molecule has 28 heavy (non-hydrogen) atoms. The number of fused-ring (bicyclic) bond motifs is 2. The average Bonchev–Trinajstić information content (AvgIpc) is 3.10. The van der Waals surface area contributed by atoms with Gasteiger partial charge in [0.05, 0.1) is 13.7 Å². The molecule has 1 saturated heterocycles. The summed E-state index contributed by atoms with van der Waals surface area (Å²) in [5.41, 5.74) is 9.19. The van der Waals surface area contributed by atoms with Gasteiger partial charge in [0.1, 0.15) is 11.5 Å². The summed E-state index contributed by atoms with van der Waals surface area (Å²) in [7, 11) is 1.64. The van der Waals surface area contributed by atoms with Crippen LogP contribution in [0.15, 0.2) is 48.5 Å². The fourth-order valence-corrected chi connectivity index (χ4v) is 4.09. The normalized spacial score (nSPS) is 17.6. The number of carbonyl (C=O) groups is 1. The van der Waals surface area contributed by atoms with Gasteiger partial charge in [-0.3, -0.25) is 4.79 Å². The van der Waals surface area contributed by atoms with Crippen molar-refractivity contribution >= 4 is 12.0 Å². The van der Waals surface area contributed by atoms with Crippen molar-refractivity contribution in [3.63, 3.8) is 0 Å². The van der Waals surface area contributed by atoms with Crippen LogP contribution in [0.4, 0.5) is 0 Å². The maximum Gasteiger partial charge on any atom is 0.246 e. The molecule has 2 aliphatic heterocycles. The maximum absolute atomic E-state index is 12.6. The molecule has 1 spiro atoms. The Balaban J connectivity index is 1.40. The van der Waals surface area contributed by atoms with Crippen LogP contribution in [0, 0.1) is 0 Å². The second kappa shape index (κ2) is 7.68. The van der Waals surface area contributed by atoms with Gasteiger partial charge in [0.25, 0.3) is 0 Å². The molecule has 2 aromatic carbocycles. The highest BCUT2D eigenvalue weighted by Crippen LogP contribution is 2.45. The van der Waals surface area contributed by atoms with Crippen LogP contribution >= 0.6 is 0 Å². The van der Waals surface area contributed by atoms with E-state index in [4.69, 9.17) is 15.2 Å². The highest BCUT2D eigenvalue weighted by molar-refractivity contribution is 5.91. The van der Waals surface area contributed by atoms with Crippen molar-refractivity contribution in [2.75, 3.05) is 26.8 Å². The minimum Gasteiger partial charge on any atom is -0.497 e. The molecule has 0 aliphatic carbocycles. The molecule has 0 saturated carbocycles. The number of piperidine rings is 1. The molecule has 0 aromatic heterocycles. The first-order chi connectivity index (χ1) is 13.6. The first kappa shape index (κ1) is 18.6. The lowest BCUT2D eigenvalue weighted by Gasteiger charge is -2.38. The topological polar surface area (TPSA) is 64.8 Å². The second-order valence-electron chi connectivity index (χ2n) is 7.54. The number of hydrogen-bond donors (Lipinski definition) is 1. The zero-order valence-electron chi connectivity index (χ0n) is 16.2. The Kier molecular flexibility index (Phi) is 5.09. The third kappa shape index (κ3) is 3.50. The van der Waals surface area contributed by atoms with Crippen molar-refractivity contribution in [2.45, 2.75) is 24.8 Å². The van der Waals surface area contributed by atoms with Gasteiger partial charge < -0.3 is 20.1 Å². The molecule has 1 fully saturated rings. The van der Waals surface area contributed by atoms with Crippen LogP contribution in [-0.2, 0) is 16.8 Å². The Bertz CT molecular complexity index is 881. The Morgan fingerprint density at radius 1 is 1.21 bits per heavy atom. The van der Waals surface area contributed by atoms with Crippen molar-refractivity contribution in [1.82, 2.24) is 4.90 Å². The van der Waals surface area contributed by atoms with E-state index in [1.54, 1.807) is 13.2 Å². The molecule has 0 unspecified atom stereocenters. The van der Waals surface area contributed by atoms with E-state index in [0.29, 0.717) is 13.2 Å². The number of nitrogens with two attached hydrogens (primary N) is 1. The van der Waals surface area contributed by atoms with Crippen LogP contribution in [-0.4, -0.2) is 37.6 Å². The number of benzene rings is 2. The van der Waals surface area contributed by atoms with E-state index >= 15 is 0 Å². The molecule has 5 nitrogen and oxygen atoms in total. The van der Waals surface area contributed by atoms with Gasteiger partial charge in [0.15, 0.2) is 0 Å². The molecule has 0 atom stereocenters. The third-order valence-electron chi connectivity index (χ3n) is 5.92. The number of amides is 1. The summed E-state index contributed by atoms with van der Waals surface area (Å²) in [4.78, 5) is 14.5. The zero-order valence-corrected chi connectivity index (χ0v) is 16.2. The molecule has 5 heteroatoms. The molecule has 146 valence electrons. The summed E-state index contributed by atoms with van der Waals surface area (Å²) in [6.07, 6.45) is 5.34. The summed E-state index contributed by atoms with van der Waals surface area (Å²) in [6.45, 7) is 2.70. The van der Waals surface area contributed by atoms with Crippen LogP contribution in [0.1, 0.15) is 29.5 Å². The van der Waals surface area contributed by atoms with Crippen molar-refractivity contribution in [3.05, 3.63) is 65.2 Å². The van der Waals surface area contributed by atoms with Gasteiger partial charge in [0, 0.05) is 36.7 Å². The number of carbonyl (C=O) groups excluding carboxylic acids is 1. The molecule has 2 aliphatic rings. The lowest BCUT2D eigenvalue weighted by Crippen LogP contribution is -2.45. The number of hydrogen-bond acceptors (Lipinski definition) is 4. The van der Waals surface area contributed by atoms with Gasteiger partial charge in [-0.25, -0.2) is 0 Å². The van der Waals surface area contributed by atoms with Crippen LogP contribution in [0.3, 0.4) is 0 Å². The molecule has 0 bridgehead atoms. The molecule has 1 amide bonds. The van der Waals surface area contributed by atoms with Gasteiger partial charge in [0.2, 0.25) is 5.91 Å². The van der Waals surface area contributed by atoms with E-state index < -0.39 is 0 Å². The number of methoxy groups -OCH3 is 1. The van der Waals surface area contributed by atoms with Gasteiger partial charge >= 0.3 is 0 Å². The fourth-order valence-electron chi connectivity index (χ4n) is 4.09. The van der Waals surface area contributed by atoms with Gasteiger partial charge in [-0.05, 0) is 48.2 Å². The van der Waals surface area contributed by atoms with E-state index in [1.165, 1.54) is 5.56 Å². The number of likely N-dealkylation sites (tertiary alicyclic amines) is 1. The smallest absolute Gasteiger partial charge is 0.246 e. The van der Waals surface area contributed by atoms with Gasteiger partial charge in [-0.15, -0.1) is 0 Å². The Morgan fingerprint density at radius 3 is 2.64 bits per heavy atom.